The maximum Gasteiger partial charge on any atom is 0.310 e. The van der Waals surface area contributed by atoms with Gasteiger partial charge in [0.25, 0.3) is 0 Å². The highest BCUT2D eigenvalue weighted by atomic mass is 16.7. The number of esters is 1. The lowest BCUT2D eigenvalue weighted by Gasteiger charge is -2.24. The summed E-state index contributed by atoms with van der Waals surface area (Å²) in [5, 5.41) is 5.58. The molecule has 2 unspecified atom stereocenters. The SMILES string of the molecule is CCOC1OC(=O)CC1NC(=O)[C@@H](CC(=O)NCCOc1ccccc1)C(C)C. The molecule has 1 heterocycles. The van der Waals surface area contributed by atoms with Crippen molar-refractivity contribution >= 4 is 17.8 Å². The fourth-order valence-corrected chi connectivity index (χ4v) is 3.04. The van der Waals surface area contributed by atoms with E-state index in [4.69, 9.17) is 14.2 Å². The summed E-state index contributed by atoms with van der Waals surface area (Å²) >= 11 is 0. The van der Waals surface area contributed by atoms with Crippen LogP contribution in [0.5, 0.6) is 5.75 Å². The number of hydrogen-bond acceptors (Lipinski definition) is 6. The largest absolute Gasteiger partial charge is 0.492 e. The molecule has 1 fully saturated rings. The Labute approximate surface area is 171 Å². The van der Waals surface area contributed by atoms with E-state index in [1.807, 2.05) is 44.2 Å². The molecule has 29 heavy (non-hydrogen) atoms. The summed E-state index contributed by atoms with van der Waals surface area (Å²) in [5.41, 5.74) is 0. The minimum absolute atomic E-state index is 0.0510. The van der Waals surface area contributed by atoms with Crippen molar-refractivity contribution in [3.8, 4) is 5.75 Å². The van der Waals surface area contributed by atoms with Crippen LogP contribution in [0.3, 0.4) is 0 Å². The van der Waals surface area contributed by atoms with Gasteiger partial charge in [0.2, 0.25) is 18.1 Å². The summed E-state index contributed by atoms with van der Waals surface area (Å²) in [6.07, 6.45) is -0.673. The average Bonchev–Trinajstić information content (AvgIpc) is 3.03. The van der Waals surface area contributed by atoms with Crippen LogP contribution in [0.2, 0.25) is 0 Å². The Morgan fingerprint density at radius 1 is 1.24 bits per heavy atom. The quantitative estimate of drug-likeness (QED) is 0.428. The van der Waals surface area contributed by atoms with Gasteiger partial charge in [0.1, 0.15) is 18.4 Å². The molecule has 2 amide bonds. The molecule has 1 aromatic carbocycles. The molecule has 160 valence electrons. The zero-order chi connectivity index (χ0) is 21.2. The van der Waals surface area contributed by atoms with Gasteiger partial charge in [-0.05, 0) is 25.0 Å². The zero-order valence-electron chi connectivity index (χ0n) is 17.2. The van der Waals surface area contributed by atoms with Crippen LogP contribution in [0.4, 0.5) is 0 Å². The molecule has 1 saturated heterocycles. The van der Waals surface area contributed by atoms with E-state index in [2.05, 4.69) is 10.6 Å². The average molecular weight is 406 g/mol. The topological polar surface area (TPSA) is 103 Å². The van der Waals surface area contributed by atoms with E-state index in [0.29, 0.717) is 19.8 Å². The maximum atomic E-state index is 12.7. The number of hydrogen-bond donors (Lipinski definition) is 2. The van der Waals surface area contributed by atoms with Crippen molar-refractivity contribution < 1.29 is 28.6 Å². The fraction of sp³-hybridized carbons (Fsp3) is 0.571. The van der Waals surface area contributed by atoms with Gasteiger partial charge in [-0.15, -0.1) is 0 Å². The van der Waals surface area contributed by atoms with Gasteiger partial charge in [-0.25, -0.2) is 0 Å². The predicted molar refractivity (Wildman–Crippen MR) is 106 cm³/mol. The predicted octanol–water partition coefficient (Wildman–Crippen LogP) is 1.64. The van der Waals surface area contributed by atoms with E-state index in [0.717, 1.165) is 5.75 Å². The standard InChI is InChI=1S/C21H30N2O6/c1-4-27-21-17(13-19(25)29-21)23-20(26)16(14(2)3)12-18(24)22-10-11-28-15-8-6-5-7-9-15/h5-9,14,16-17,21H,4,10-13H2,1-3H3,(H,22,24)(H,23,26)/t16-,17?,21?/m0/s1. The molecule has 8 nitrogen and oxygen atoms in total. The van der Waals surface area contributed by atoms with Gasteiger partial charge in [-0.1, -0.05) is 32.0 Å². The van der Waals surface area contributed by atoms with E-state index in [9.17, 15) is 14.4 Å². The highest BCUT2D eigenvalue weighted by molar-refractivity contribution is 5.86. The van der Waals surface area contributed by atoms with Gasteiger partial charge in [0.05, 0.1) is 13.0 Å². The molecule has 0 aromatic heterocycles. The highest BCUT2D eigenvalue weighted by Crippen LogP contribution is 2.20. The van der Waals surface area contributed by atoms with Crippen LogP contribution in [-0.4, -0.2) is 49.9 Å². The van der Waals surface area contributed by atoms with Crippen LogP contribution in [0.1, 0.15) is 33.6 Å². The van der Waals surface area contributed by atoms with Crippen molar-refractivity contribution in [2.24, 2.45) is 11.8 Å². The Morgan fingerprint density at radius 3 is 2.62 bits per heavy atom. The lowest BCUT2D eigenvalue weighted by Crippen LogP contribution is -2.46. The molecule has 0 spiro atoms. The minimum atomic E-state index is -0.784. The van der Waals surface area contributed by atoms with E-state index in [1.54, 1.807) is 6.92 Å². The molecule has 0 bridgehead atoms. The van der Waals surface area contributed by atoms with Crippen molar-refractivity contribution in [2.75, 3.05) is 19.8 Å². The van der Waals surface area contributed by atoms with Crippen LogP contribution < -0.4 is 15.4 Å². The zero-order valence-corrected chi connectivity index (χ0v) is 17.2. The second-order valence-electron chi connectivity index (χ2n) is 7.20. The Balaban J connectivity index is 1.79. The van der Waals surface area contributed by atoms with Crippen LogP contribution >= 0.6 is 0 Å². The molecule has 0 saturated carbocycles. The van der Waals surface area contributed by atoms with Crippen LogP contribution in [-0.2, 0) is 23.9 Å². The second kappa shape index (κ2) is 11.4. The number of nitrogens with one attached hydrogen (secondary N) is 2. The van der Waals surface area contributed by atoms with E-state index in [-0.39, 0.29) is 30.6 Å². The van der Waals surface area contributed by atoms with Crippen molar-refractivity contribution in [3.63, 3.8) is 0 Å². The van der Waals surface area contributed by atoms with Crippen molar-refractivity contribution in [3.05, 3.63) is 30.3 Å². The van der Waals surface area contributed by atoms with E-state index in [1.165, 1.54) is 0 Å². The van der Waals surface area contributed by atoms with Crippen molar-refractivity contribution in [2.45, 2.75) is 45.9 Å². The second-order valence-corrected chi connectivity index (χ2v) is 7.20. The van der Waals surface area contributed by atoms with Gasteiger partial charge in [-0.3, -0.25) is 14.4 Å². The molecule has 1 aromatic rings. The third-order valence-electron chi connectivity index (χ3n) is 4.60. The molecule has 0 radical (unpaired) electrons. The lowest BCUT2D eigenvalue weighted by atomic mass is 9.91. The first-order valence-electron chi connectivity index (χ1n) is 9.96. The number of para-hydroxylation sites is 1. The smallest absolute Gasteiger partial charge is 0.310 e. The Hall–Kier alpha value is -2.61. The van der Waals surface area contributed by atoms with E-state index >= 15 is 0 Å². The van der Waals surface area contributed by atoms with Gasteiger partial charge in [0, 0.05) is 18.9 Å². The fourth-order valence-electron chi connectivity index (χ4n) is 3.04. The van der Waals surface area contributed by atoms with Gasteiger partial charge < -0.3 is 24.8 Å². The summed E-state index contributed by atoms with van der Waals surface area (Å²) in [6, 6.07) is 8.79. The highest BCUT2D eigenvalue weighted by Gasteiger charge is 2.38. The Bertz CT molecular complexity index is 679. The molecule has 0 aliphatic carbocycles. The monoisotopic (exact) mass is 406 g/mol. The molecule has 3 atom stereocenters. The number of benzene rings is 1. The van der Waals surface area contributed by atoms with Crippen LogP contribution in [0.25, 0.3) is 0 Å². The molecular formula is C21H30N2O6. The molecule has 2 rings (SSSR count). The molecular weight excluding hydrogens is 376 g/mol. The molecule has 2 N–H and O–H groups in total. The first kappa shape index (κ1) is 22.7. The lowest BCUT2D eigenvalue weighted by molar-refractivity contribution is -0.164. The first-order valence-corrected chi connectivity index (χ1v) is 9.96. The minimum Gasteiger partial charge on any atom is -0.492 e. The summed E-state index contributed by atoms with van der Waals surface area (Å²) < 4.78 is 16.0. The van der Waals surface area contributed by atoms with Crippen molar-refractivity contribution in [1.29, 1.82) is 0 Å². The van der Waals surface area contributed by atoms with Crippen LogP contribution in [0, 0.1) is 11.8 Å². The summed E-state index contributed by atoms with van der Waals surface area (Å²) in [6.45, 7) is 6.60. The number of carbonyl (C=O) groups is 3. The van der Waals surface area contributed by atoms with Crippen LogP contribution in [0.15, 0.2) is 30.3 Å². The van der Waals surface area contributed by atoms with Gasteiger partial charge >= 0.3 is 5.97 Å². The molecule has 1 aliphatic heterocycles. The normalized spacial score (nSPS) is 19.5. The number of ether oxygens (including phenoxy) is 3. The number of rotatable bonds is 11. The molecule has 8 heteroatoms. The maximum absolute atomic E-state index is 12.7. The number of cyclic esters (lactones) is 1. The third-order valence-corrected chi connectivity index (χ3v) is 4.60. The Morgan fingerprint density at radius 2 is 1.97 bits per heavy atom. The Kier molecular flexibility index (Phi) is 8.92. The summed E-state index contributed by atoms with van der Waals surface area (Å²) in [7, 11) is 0. The van der Waals surface area contributed by atoms with Crippen molar-refractivity contribution in [1.82, 2.24) is 10.6 Å². The third kappa shape index (κ3) is 7.38. The number of carbonyl (C=O) groups excluding carboxylic acids is 3. The van der Waals surface area contributed by atoms with Gasteiger partial charge in [-0.2, -0.15) is 0 Å². The molecule has 1 aliphatic rings. The first-order chi connectivity index (χ1) is 13.9. The summed E-state index contributed by atoms with van der Waals surface area (Å²) in [5.74, 6) is -0.767. The summed E-state index contributed by atoms with van der Waals surface area (Å²) in [4.78, 5) is 36.5. The van der Waals surface area contributed by atoms with E-state index < -0.39 is 24.2 Å². The van der Waals surface area contributed by atoms with Gasteiger partial charge in [0.15, 0.2) is 0 Å². The number of amides is 2.